The molecular formula is C20H22N2O4. The quantitative estimate of drug-likeness (QED) is 0.777. The van der Waals surface area contributed by atoms with E-state index in [1.54, 1.807) is 36.4 Å². The summed E-state index contributed by atoms with van der Waals surface area (Å²) in [6.45, 7) is 5.18. The first-order valence-electron chi connectivity index (χ1n) is 8.29. The average Bonchev–Trinajstić information content (AvgIpc) is 2.61. The fourth-order valence-corrected chi connectivity index (χ4v) is 2.26. The van der Waals surface area contributed by atoms with Gasteiger partial charge in [0.2, 0.25) is 5.91 Å². The Bertz CT molecular complexity index is 780. The van der Waals surface area contributed by atoms with E-state index in [0.717, 1.165) is 5.56 Å². The van der Waals surface area contributed by atoms with Crippen LogP contribution in [-0.2, 0) is 14.3 Å². The first-order chi connectivity index (χ1) is 12.3. The molecule has 0 unspecified atom stereocenters. The summed E-state index contributed by atoms with van der Waals surface area (Å²) in [6.07, 6.45) is 0. The maximum Gasteiger partial charge on any atom is 0.338 e. The Kier molecular flexibility index (Phi) is 6.49. The fourth-order valence-electron chi connectivity index (χ4n) is 2.26. The molecule has 0 atom stereocenters. The van der Waals surface area contributed by atoms with Crippen LogP contribution in [0.15, 0.2) is 48.5 Å². The predicted molar refractivity (Wildman–Crippen MR) is 100 cm³/mol. The zero-order valence-corrected chi connectivity index (χ0v) is 15.0. The van der Waals surface area contributed by atoms with E-state index in [4.69, 9.17) is 4.74 Å². The third-order valence-electron chi connectivity index (χ3n) is 3.64. The van der Waals surface area contributed by atoms with Crippen LogP contribution in [0.5, 0.6) is 0 Å². The standard InChI is InChI=1S/C20H22N2O4/c1-13(2)15-4-6-16(7-5-15)20(25)26-12-19(24)22-18-10-8-17(9-11-18)21-14(3)23/h4-11,13H,12H2,1-3H3,(H,21,23)(H,22,24). The van der Waals surface area contributed by atoms with Crippen LogP contribution < -0.4 is 10.6 Å². The molecule has 0 fully saturated rings. The van der Waals surface area contributed by atoms with Crippen LogP contribution in [0.2, 0.25) is 0 Å². The monoisotopic (exact) mass is 354 g/mol. The smallest absolute Gasteiger partial charge is 0.338 e. The second kappa shape index (κ2) is 8.80. The summed E-state index contributed by atoms with van der Waals surface area (Å²) in [7, 11) is 0. The molecule has 0 saturated carbocycles. The maximum atomic E-state index is 12.0. The van der Waals surface area contributed by atoms with Gasteiger partial charge in [-0.3, -0.25) is 9.59 Å². The van der Waals surface area contributed by atoms with Crippen LogP contribution in [0.4, 0.5) is 11.4 Å². The van der Waals surface area contributed by atoms with E-state index in [2.05, 4.69) is 24.5 Å². The van der Waals surface area contributed by atoms with Crippen LogP contribution in [0.25, 0.3) is 0 Å². The summed E-state index contributed by atoms with van der Waals surface area (Å²) in [4.78, 5) is 34.8. The number of ether oxygens (including phenoxy) is 1. The highest BCUT2D eigenvalue weighted by atomic mass is 16.5. The molecule has 2 aromatic rings. The Morgan fingerprint density at radius 2 is 1.42 bits per heavy atom. The van der Waals surface area contributed by atoms with Gasteiger partial charge in [0.15, 0.2) is 6.61 Å². The zero-order chi connectivity index (χ0) is 19.1. The number of hydrogen-bond acceptors (Lipinski definition) is 4. The molecule has 0 aliphatic heterocycles. The van der Waals surface area contributed by atoms with E-state index in [9.17, 15) is 14.4 Å². The van der Waals surface area contributed by atoms with Crippen molar-refractivity contribution in [3.05, 3.63) is 59.7 Å². The van der Waals surface area contributed by atoms with Crippen molar-refractivity contribution in [3.8, 4) is 0 Å². The molecule has 0 heterocycles. The Hall–Kier alpha value is -3.15. The van der Waals surface area contributed by atoms with Gasteiger partial charge in [-0.25, -0.2) is 4.79 Å². The van der Waals surface area contributed by atoms with E-state index in [1.165, 1.54) is 6.92 Å². The summed E-state index contributed by atoms with van der Waals surface area (Å²) in [6, 6.07) is 13.8. The molecule has 0 spiro atoms. The minimum absolute atomic E-state index is 0.171. The van der Waals surface area contributed by atoms with E-state index < -0.39 is 11.9 Å². The highest BCUT2D eigenvalue weighted by Crippen LogP contribution is 2.15. The molecule has 2 amide bonds. The van der Waals surface area contributed by atoms with Crippen LogP contribution in [0.3, 0.4) is 0 Å². The van der Waals surface area contributed by atoms with Crippen LogP contribution in [0.1, 0.15) is 42.6 Å². The highest BCUT2D eigenvalue weighted by molar-refractivity contribution is 5.96. The molecule has 26 heavy (non-hydrogen) atoms. The van der Waals surface area contributed by atoms with Crippen LogP contribution in [-0.4, -0.2) is 24.4 Å². The van der Waals surface area contributed by atoms with Gasteiger partial charge in [-0.2, -0.15) is 0 Å². The molecular weight excluding hydrogens is 332 g/mol. The number of rotatable bonds is 6. The van der Waals surface area contributed by atoms with Gasteiger partial charge in [-0.15, -0.1) is 0 Å². The van der Waals surface area contributed by atoms with Gasteiger partial charge in [0.05, 0.1) is 5.56 Å². The number of esters is 1. The van der Waals surface area contributed by atoms with E-state index in [1.807, 2.05) is 12.1 Å². The molecule has 2 N–H and O–H groups in total. The van der Waals surface area contributed by atoms with Gasteiger partial charge in [0.25, 0.3) is 5.91 Å². The molecule has 2 aromatic carbocycles. The third-order valence-corrected chi connectivity index (χ3v) is 3.64. The maximum absolute atomic E-state index is 12.0. The molecule has 2 rings (SSSR count). The van der Waals surface area contributed by atoms with Crippen molar-refractivity contribution in [3.63, 3.8) is 0 Å². The number of hydrogen-bond donors (Lipinski definition) is 2. The Balaban J connectivity index is 1.84. The van der Waals surface area contributed by atoms with Gasteiger partial charge in [0.1, 0.15) is 0 Å². The molecule has 136 valence electrons. The van der Waals surface area contributed by atoms with Crippen molar-refractivity contribution >= 4 is 29.2 Å². The minimum atomic E-state index is -0.545. The van der Waals surface area contributed by atoms with Gasteiger partial charge in [0, 0.05) is 18.3 Å². The van der Waals surface area contributed by atoms with Crippen molar-refractivity contribution in [1.29, 1.82) is 0 Å². The lowest BCUT2D eigenvalue weighted by atomic mass is 10.0. The minimum Gasteiger partial charge on any atom is -0.452 e. The molecule has 0 saturated heterocycles. The fraction of sp³-hybridized carbons (Fsp3) is 0.250. The average molecular weight is 354 g/mol. The number of benzene rings is 2. The van der Waals surface area contributed by atoms with Crippen molar-refractivity contribution in [2.45, 2.75) is 26.7 Å². The van der Waals surface area contributed by atoms with Crippen molar-refractivity contribution < 1.29 is 19.1 Å². The number of nitrogens with one attached hydrogen (secondary N) is 2. The molecule has 0 aliphatic rings. The summed E-state index contributed by atoms with van der Waals surface area (Å²) in [5, 5.41) is 5.26. The summed E-state index contributed by atoms with van der Waals surface area (Å²) < 4.78 is 5.03. The van der Waals surface area contributed by atoms with Gasteiger partial charge >= 0.3 is 5.97 Å². The van der Waals surface area contributed by atoms with Crippen LogP contribution >= 0.6 is 0 Å². The lowest BCUT2D eigenvalue weighted by molar-refractivity contribution is -0.119. The van der Waals surface area contributed by atoms with E-state index >= 15 is 0 Å². The molecule has 0 aliphatic carbocycles. The third kappa shape index (κ3) is 5.73. The van der Waals surface area contributed by atoms with Gasteiger partial charge < -0.3 is 15.4 Å². The first kappa shape index (κ1) is 19.2. The number of anilines is 2. The Morgan fingerprint density at radius 1 is 0.885 bits per heavy atom. The van der Waals surface area contributed by atoms with E-state index in [-0.39, 0.29) is 12.5 Å². The van der Waals surface area contributed by atoms with Crippen molar-refractivity contribution in [1.82, 2.24) is 0 Å². The van der Waals surface area contributed by atoms with E-state index in [0.29, 0.717) is 22.9 Å². The summed E-state index contributed by atoms with van der Waals surface area (Å²) in [5.41, 5.74) is 2.71. The predicted octanol–water partition coefficient (Wildman–Crippen LogP) is 3.56. The Morgan fingerprint density at radius 3 is 1.92 bits per heavy atom. The Labute approximate surface area is 152 Å². The number of carbonyl (C=O) groups excluding carboxylic acids is 3. The zero-order valence-electron chi connectivity index (χ0n) is 15.0. The second-order valence-corrected chi connectivity index (χ2v) is 6.16. The second-order valence-electron chi connectivity index (χ2n) is 6.16. The number of amides is 2. The summed E-state index contributed by atoms with van der Waals surface area (Å²) >= 11 is 0. The topological polar surface area (TPSA) is 84.5 Å². The van der Waals surface area contributed by atoms with Crippen LogP contribution in [0, 0.1) is 0 Å². The molecule has 0 aromatic heterocycles. The lowest BCUT2D eigenvalue weighted by Gasteiger charge is -2.09. The van der Waals surface area contributed by atoms with Crippen molar-refractivity contribution in [2.24, 2.45) is 0 Å². The normalized spacial score (nSPS) is 10.3. The summed E-state index contributed by atoms with van der Waals surface area (Å²) in [5.74, 6) is -0.779. The van der Waals surface area contributed by atoms with Gasteiger partial charge in [-0.05, 0) is 47.9 Å². The molecule has 0 bridgehead atoms. The number of carbonyl (C=O) groups is 3. The SMILES string of the molecule is CC(=O)Nc1ccc(NC(=O)COC(=O)c2ccc(C(C)C)cc2)cc1. The molecule has 0 radical (unpaired) electrons. The lowest BCUT2D eigenvalue weighted by Crippen LogP contribution is -2.21. The molecule has 6 nitrogen and oxygen atoms in total. The first-order valence-corrected chi connectivity index (χ1v) is 8.29. The largest absolute Gasteiger partial charge is 0.452 e. The van der Waals surface area contributed by atoms with Gasteiger partial charge in [-0.1, -0.05) is 26.0 Å². The van der Waals surface area contributed by atoms with Crippen molar-refractivity contribution in [2.75, 3.05) is 17.2 Å². The molecule has 6 heteroatoms. The highest BCUT2D eigenvalue weighted by Gasteiger charge is 2.11.